The summed E-state index contributed by atoms with van der Waals surface area (Å²) in [4.78, 5) is 2.19. The highest BCUT2D eigenvalue weighted by molar-refractivity contribution is 5.81. The molecule has 0 radical (unpaired) electrons. The summed E-state index contributed by atoms with van der Waals surface area (Å²) < 4.78 is 5.04. The molecule has 13 heavy (non-hydrogen) atoms. The van der Waals surface area contributed by atoms with Crippen molar-refractivity contribution in [2.75, 3.05) is 20.3 Å². The van der Waals surface area contributed by atoms with Gasteiger partial charge in [0, 0.05) is 25.6 Å². The zero-order valence-corrected chi connectivity index (χ0v) is 8.84. The molecule has 0 atom stereocenters. The van der Waals surface area contributed by atoms with Crippen molar-refractivity contribution < 1.29 is 4.74 Å². The SMILES string of the molecule is COCCN(C(=N)C(C)C)C1CC1. The summed E-state index contributed by atoms with van der Waals surface area (Å²) >= 11 is 0. The normalized spacial score (nSPS) is 16.3. The molecule has 0 spiro atoms. The number of rotatable bonds is 5. The monoisotopic (exact) mass is 184 g/mol. The zero-order chi connectivity index (χ0) is 9.84. The Hall–Kier alpha value is -0.570. The van der Waals surface area contributed by atoms with Crippen molar-refractivity contribution in [1.82, 2.24) is 4.90 Å². The maximum atomic E-state index is 7.92. The molecule has 0 aromatic rings. The zero-order valence-electron chi connectivity index (χ0n) is 8.84. The van der Waals surface area contributed by atoms with Gasteiger partial charge in [-0.15, -0.1) is 0 Å². The third kappa shape index (κ3) is 2.99. The van der Waals surface area contributed by atoms with Crippen LogP contribution in [-0.4, -0.2) is 37.0 Å². The van der Waals surface area contributed by atoms with Gasteiger partial charge in [0.1, 0.15) is 0 Å². The third-order valence-corrected chi connectivity index (χ3v) is 2.38. The number of ether oxygens (including phenoxy) is 1. The van der Waals surface area contributed by atoms with Gasteiger partial charge in [-0.05, 0) is 12.8 Å². The summed E-state index contributed by atoms with van der Waals surface area (Å²) in [6.07, 6.45) is 2.50. The van der Waals surface area contributed by atoms with Crippen LogP contribution in [0.2, 0.25) is 0 Å². The Balaban J connectivity index is 2.41. The molecule has 1 rings (SSSR count). The van der Waals surface area contributed by atoms with E-state index in [1.54, 1.807) is 7.11 Å². The van der Waals surface area contributed by atoms with Gasteiger partial charge in [-0.1, -0.05) is 13.8 Å². The second kappa shape index (κ2) is 4.61. The van der Waals surface area contributed by atoms with E-state index < -0.39 is 0 Å². The van der Waals surface area contributed by atoms with Gasteiger partial charge in [0.15, 0.2) is 0 Å². The first-order chi connectivity index (χ1) is 6.16. The molecule has 0 unspecified atom stereocenters. The van der Waals surface area contributed by atoms with E-state index in [4.69, 9.17) is 10.1 Å². The predicted molar refractivity (Wildman–Crippen MR) is 54.2 cm³/mol. The third-order valence-electron chi connectivity index (χ3n) is 2.38. The standard InChI is InChI=1S/C10H20N2O/c1-8(2)10(11)12(6-7-13-3)9-4-5-9/h8-9,11H,4-7H2,1-3H3. The van der Waals surface area contributed by atoms with Gasteiger partial charge in [-0.2, -0.15) is 0 Å². The maximum absolute atomic E-state index is 7.92. The van der Waals surface area contributed by atoms with E-state index in [1.165, 1.54) is 12.8 Å². The average Bonchev–Trinajstić information content (AvgIpc) is 2.88. The van der Waals surface area contributed by atoms with Gasteiger partial charge in [-0.3, -0.25) is 5.41 Å². The van der Waals surface area contributed by atoms with Crippen LogP contribution in [0.1, 0.15) is 26.7 Å². The lowest BCUT2D eigenvalue weighted by Crippen LogP contribution is -2.37. The minimum Gasteiger partial charge on any atom is -0.383 e. The molecule has 0 saturated heterocycles. The van der Waals surface area contributed by atoms with Gasteiger partial charge in [-0.25, -0.2) is 0 Å². The molecule has 1 N–H and O–H groups in total. The molecule has 0 aromatic carbocycles. The predicted octanol–water partition coefficient (Wildman–Crippen LogP) is 1.73. The van der Waals surface area contributed by atoms with Crippen molar-refractivity contribution in [2.45, 2.75) is 32.7 Å². The summed E-state index contributed by atoms with van der Waals surface area (Å²) in [5, 5.41) is 7.92. The van der Waals surface area contributed by atoms with Crippen molar-refractivity contribution in [3.63, 3.8) is 0 Å². The van der Waals surface area contributed by atoms with E-state index in [9.17, 15) is 0 Å². The summed E-state index contributed by atoms with van der Waals surface area (Å²) in [6.45, 7) is 5.75. The van der Waals surface area contributed by atoms with Crippen LogP contribution in [0.5, 0.6) is 0 Å². The first kappa shape index (κ1) is 10.5. The van der Waals surface area contributed by atoms with E-state index in [-0.39, 0.29) is 0 Å². The van der Waals surface area contributed by atoms with Gasteiger partial charge < -0.3 is 9.64 Å². The summed E-state index contributed by atoms with van der Waals surface area (Å²) in [5.41, 5.74) is 0. The molecular weight excluding hydrogens is 164 g/mol. The van der Waals surface area contributed by atoms with Crippen molar-refractivity contribution in [2.24, 2.45) is 5.92 Å². The van der Waals surface area contributed by atoms with Crippen molar-refractivity contribution in [3.8, 4) is 0 Å². The van der Waals surface area contributed by atoms with Gasteiger partial charge in [0.05, 0.1) is 12.4 Å². The van der Waals surface area contributed by atoms with Gasteiger partial charge >= 0.3 is 0 Å². The molecule has 0 bridgehead atoms. The Morgan fingerprint density at radius 1 is 1.54 bits per heavy atom. The minimum absolute atomic E-state index is 0.331. The smallest absolute Gasteiger partial charge is 0.0987 e. The second-order valence-corrected chi connectivity index (χ2v) is 3.96. The fourth-order valence-corrected chi connectivity index (χ4v) is 1.41. The maximum Gasteiger partial charge on any atom is 0.0987 e. The van der Waals surface area contributed by atoms with Crippen molar-refractivity contribution in [3.05, 3.63) is 0 Å². The summed E-state index contributed by atoms with van der Waals surface area (Å²) in [5.74, 6) is 1.09. The van der Waals surface area contributed by atoms with Crippen LogP contribution < -0.4 is 0 Å². The van der Waals surface area contributed by atoms with E-state index in [0.29, 0.717) is 12.0 Å². The van der Waals surface area contributed by atoms with Crippen molar-refractivity contribution >= 4 is 5.84 Å². The van der Waals surface area contributed by atoms with Crippen LogP contribution in [0, 0.1) is 11.3 Å². The van der Waals surface area contributed by atoms with E-state index in [2.05, 4.69) is 18.7 Å². The molecule has 3 nitrogen and oxygen atoms in total. The minimum atomic E-state index is 0.331. The Morgan fingerprint density at radius 2 is 2.15 bits per heavy atom. The van der Waals surface area contributed by atoms with Crippen LogP contribution in [-0.2, 0) is 4.74 Å². The Morgan fingerprint density at radius 3 is 2.54 bits per heavy atom. The molecule has 1 aliphatic carbocycles. The summed E-state index contributed by atoms with van der Waals surface area (Å²) in [6, 6.07) is 0.630. The number of methoxy groups -OCH3 is 1. The topological polar surface area (TPSA) is 36.3 Å². The largest absolute Gasteiger partial charge is 0.383 e. The van der Waals surface area contributed by atoms with Crippen LogP contribution >= 0.6 is 0 Å². The Labute approximate surface area is 80.6 Å². The van der Waals surface area contributed by atoms with Crippen LogP contribution in [0.15, 0.2) is 0 Å². The molecule has 0 heterocycles. The molecule has 1 saturated carbocycles. The fourth-order valence-electron chi connectivity index (χ4n) is 1.41. The highest BCUT2D eigenvalue weighted by Gasteiger charge is 2.31. The lowest BCUT2D eigenvalue weighted by Gasteiger charge is -2.26. The number of amidine groups is 1. The first-order valence-corrected chi connectivity index (χ1v) is 5.00. The molecular formula is C10H20N2O. The molecule has 0 aliphatic heterocycles. The van der Waals surface area contributed by atoms with Crippen LogP contribution in [0.4, 0.5) is 0 Å². The second-order valence-electron chi connectivity index (χ2n) is 3.96. The van der Waals surface area contributed by atoms with Gasteiger partial charge in [0.25, 0.3) is 0 Å². The van der Waals surface area contributed by atoms with Crippen molar-refractivity contribution in [1.29, 1.82) is 5.41 Å². The number of hydrogen-bond acceptors (Lipinski definition) is 2. The van der Waals surface area contributed by atoms with E-state index in [0.717, 1.165) is 19.0 Å². The highest BCUT2D eigenvalue weighted by atomic mass is 16.5. The summed E-state index contributed by atoms with van der Waals surface area (Å²) in [7, 11) is 1.71. The first-order valence-electron chi connectivity index (χ1n) is 5.00. The molecule has 3 heteroatoms. The average molecular weight is 184 g/mol. The quantitative estimate of drug-likeness (QED) is 0.522. The fraction of sp³-hybridized carbons (Fsp3) is 0.900. The molecule has 1 fully saturated rings. The molecule has 0 amide bonds. The molecule has 1 aliphatic rings. The van der Waals surface area contributed by atoms with E-state index >= 15 is 0 Å². The van der Waals surface area contributed by atoms with E-state index in [1.807, 2.05) is 0 Å². The molecule has 0 aromatic heterocycles. The van der Waals surface area contributed by atoms with Crippen LogP contribution in [0.25, 0.3) is 0 Å². The highest BCUT2D eigenvalue weighted by Crippen LogP contribution is 2.27. The Kier molecular flexibility index (Phi) is 3.72. The number of nitrogens with zero attached hydrogens (tertiary/aromatic N) is 1. The van der Waals surface area contributed by atoms with Gasteiger partial charge in [0.2, 0.25) is 0 Å². The lowest BCUT2D eigenvalue weighted by molar-refractivity contribution is 0.172. The lowest BCUT2D eigenvalue weighted by atomic mass is 10.2. The number of hydrogen-bond donors (Lipinski definition) is 1. The molecule has 76 valence electrons. The number of nitrogens with one attached hydrogen (secondary N) is 1. The Bertz CT molecular complexity index is 176. The van der Waals surface area contributed by atoms with Crippen LogP contribution in [0.3, 0.4) is 0 Å².